The first kappa shape index (κ1) is 10.6. The van der Waals surface area contributed by atoms with E-state index in [1.807, 2.05) is 0 Å². The molecule has 14 heavy (non-hydrogen) atoms. The predicted octanol–water partition coefficient (Wildman–Crippen LogP) is 1.99. The highest BCUT2D eigenvalue weighted by molar-refractivity contribution is 5.75. The number of rotatable bonds is 3. The van der Waals surface area contributed by atoms with Crippen molar-refractivity contribution in [1.29, 1.82) is 0 Å². The molecule has 0 aliphatic heterocycles. The van der Waals surface area contributed by atoms with E-state index in [9.17, 15) is 13.6 Å². The molecule has 0 saturated carbocycles. The zero-order valence-corrected chi connectivity index (χ0v) is 7.81. The van der Waals surface area contributed by atoms with E-state index in [-0.39, 0.29) is 18.0 Å². The fourth-order valence-corrected chi connectivity index (χ4v) is 1.01. The Balaban J connectivity index is 2.71. The molecule has 4 heteroatoms. The Labute approximate surface area is 80.9 Å². The molecule has 0 unspecified atom stereocenters. The first-order chi connectivity index (χ1) is 6.65. The van der Waals surface area contributed by atoms with Gasteiger partial charge in [0.1, 0.15) is 11.6 Å². The number of nitrogens with one attached hydrogen (secondary N) is 1. The van der Waals surface area contributed by atoms with Gasteiger partial charge in [0.15, 0.2) is 0 Å². The Bertz CT molecular complexity index is 319. The third-order valence-corrected chi connectivity index (χ3v) is 1.85. The molecule has 0 bridgehead atoms. The molecule has 0 spiro atoms. The molecule has 0 fully saturated rings. The molecule has 1 rings (SSSR count). The lowest BCUT2D eigenvalue weighted by Crippen LogP contribution is -2.22. The maximum atomic E-state index is 13.0. The SMILES string of the molecule is CCC(=O)NCc1c(F)cccc1F. The quantitative estimate of drug-likeness (QED) is 0.792. The lowest BCUT2D eigenvalue weighted by molar-refractivity contribution is -0.120. The molecule has 1 aromatic rings. The second-order valence-corrected chi connectivity index (χ2v) is 2.83. The normalized spacial score (nSPS) is 9.93. The maximum Gasteiger partial charge on any atom is 0.219 e. The first-order valence-corrected chi connectivity index (χ1v) is 4.34. The number of hydrogen-bond donors (Lipinski definition) is 1. The van der Waals surface area contributed by atoms with Gasteiger partial charge in [0.2, 0.25) is 5.91 Å². The summed E-state index contributed by atoms with van der Waals surface area (Å²) in [6.07, 6.45) is 0.302. The standard InChI is InChI=1S/C10H11F2NO/c1-2-10(14)13-6-7-8(11)4-3-5-9(7)12/h3-5H,2,6H2,1H3,(H,13,14). The predicted molar refractivity (Wildman–Crippen MR) is 48.5 cm³/mol. The Morgan fingerprint density at radius 1 is 1.36 bits per heavy atom. The molecular weight excluding hydrogens is 188 g/mol. The lowest BCUT2D eigenvalue weighted by Gasteiger charge is -2.05. The fraction of sp³-hybridized carbons (Fsp3) is 0.300. The first-order valence-electron chi connectivity index (χ1n) is 4.34. The molecule has 0 saturated heterocycles. The van der Waals surface area contributed by atoms with Crippen molar-refractivity contribution in [3.63, 3.8) is 0 Å². The van der Waals surface area contributed by atoms with Crippen LogP contribution >= 0.6 is 0 Å². The van der Waals surface area contributed by atoms with Gasteiger partial charge < -0.3 is 5.32 Å². The second-order valence-electron chi connectivity index (χ2n) is 2.83. The van der Waals surface area contributed by atoms with Gasteiger partial charge in [0, 0.05) is 18.5 Å². The zero-order valence-electron chi connectivity index (χ0n) is 7.81. The smallest absolute Gasteiger partial charge is 0.219 e. The summed E-state index contributed by atoms with van der Waals surface area (Å²) in [5.74, 6) is -1.50. The second kappa shape index (κ2) is 4.69. The van der Waals surface area contributed by atoms with Crippen LogP contribution in [0.15, 0.2) is 18.2 Å². The van der Waals surface area contributed by atoms with E-state index >= 15 is 0 Å². The summed E-state index contributed by atoms with van der Waals surface area (Å²) >= 11 is 0. The minimum Gasteiger partial charge on any atom is -0.352 e. The van der Waals surface area contributed by atoms with Crippen molar-refractivity contribution in [2.75, 3.05) is 0 Å². The van der Waals surface area contributed by atoms with E-state index in [1.165, 1.54) is 6.07 Å². The summed E-state index contributed by atoms with van der Waals surface area (Å²) in [6, 6.07) is 3.61. The molecular formula is C10H11F2NO. The van der Waals surface area contributed by atoms with Gasteiger partial charge in [-0.1, -0.05) is 13.0 Å². The molecule has 1 N–H and O–H groups in total. The van der Waals surface area contributed by atoms with Gasteiger partial charge in [-0.25, -0.2) is 8.78 Å². The van der Waals surface area contributed by atoms with Crippen molar-refractivity contribution in [1.82, 2.24) is 5.32 Å². The summed E-state index contributed by atoms with van der Waals surface area (Å²) in [5, 5.41) is 2.41. The number of carbonyl (C=O) groups is 1. The fourth-order valence-electron chi connectivity index (χ4n) is 1.01. The Morgan fingerprint density at radius 3 is 2.43 bits per heavy atom. The summed E-state index contributed by atoms with van der Waals surface area (Å²) < 4.78 is 26.0. The van der Waals surface area contributed by atoms with E-state index in [0.717, 1.165) is 12.1 Å². The molecule has 0 radical (unpaired) electrons. The molecule has 1 aromatic carbocycles. The van der Waals surface area contributed by atoms with E-state index in [0.29, 0.717) is 6.42 Å². The van der Waals surface area contributed by atoms with Crippen molar-refractivity contribution in [2.24, 2.45) is 0 Å². The molecule has 0 aliphatic carbocycles. The minimum atomic E-state index is -0.638. The molecule has 0 heterocycles. The topological polar surface area (TPSA) is 29.1 Å². The van der Waals surface area contributed by atoms with Gasteiger partial charge >= 0.3 is 0 Å². The monoisotopic (exact) mass is 199 g/mol. The van der Waals surface area contributed by atoms with Crippen molar-refractivity contribution in [2.45, 2.75) is 19.9 Å². The molecule has 1 amide bonds. The number of benzene rings is 1. The van der Waals surface area contributed by atoms with Crippen LogP contribution in [0.5, 0.6) is 0 Å². The average molecular weight is 199 g/mol. The maximum absolute atomic E-state index is 13.0. The Kier molecular flexibility index (Phi) is 3.56. The van der Waals surface area contributed by atoms with Crippen LogP contribution in [0.1, 0.15) is 18.9 Å². The minimum absolute atomic E-state index is 0.102. The lowest BCUT2D eigenvalue weighted by atomic mass is 10.2. The average Bonchev–Trinajstić information content (AvgIpc) is 2.16. The number of carbonyl (C=O) groups excluding carboxylic acids is 1. The Morgan fingerprint density at radius 2 is 1.93 bits per heavy atom. The highest BCUT2D eigenvalue weighted by atomic mass is 19.1. The number of amides is 1. The Hall–Kier alpha value is -1.45. The number of halogens is 2. The van der Waals surface area contributed by atoms with Gasteiger partial charge in [0.05, 0.1) is 0 Å². The third kappa shape index (κ3) is 2.52. The molecule has 0 atom stereocenters. The summed E-state index contributed by atoms with van der Waals surface area (Å²) in [6.45, 7) is 1.57. The van der Waals surface area contributed by atoms with Crippen molar-refractivity contribution in [3.8, 4) is 0 Å². The molecule has 2 nitrogen and oxygen atoms in total. The van der Waals surface area contributed by atoms with Gasteiger partial charge in [-0.3, -0.25) is 4.79 Å². The highest BCUT2D eigenvalue weighted by Gasteiger charge is 2.08. The molecule has 0 aliphatic rings. The van der Waals surface area contributed by atoms with Crippen LogP contribution in [-0.2, 0) is 11.3 Å². The van der Waals surface area contributed by atoms with E-state index in [4.69, 9.17) is 0 Å². The molecule has 0 aromatic heterocycles. The van der Waals surface area contributed by atoms with Crippen LogP contribution in [0.4, 0.5) is 8.78 Å². The van der Waals surface area contributed by atoms with E-state index in [2.05, 4.69) is 5.32 Å². The third-order valence-electron chi connectivity index (χ3n) is 1.85. The van der Waals surface area contributed by atoms with Crippen molar-refractivity contribution < 1.29 is 13.6 Å². The van der Waals surface area contributed by atoms with Crippen LogP contribution in [0, 0.1) is 11.6 Å². The largest absolute Gasteiger partial charge is 0.352 e. The van der Waals surface area contributed by atoms with Crippen LogP contribution in [0.25, 0.3) is 0 Å². The van der Waals surface area contributed by atoms with Crippen LogP contribution in [0.2, 0.25) is 0 Å². The van der Waals surface area contributed by atoms with Gasteiger partial charge in [-0.05, 0) is 12.1 Å². The summed E-state index contributed by atoms with van der Waals surface area (Å²) in [5.41, 5.74) is -0.102. The van der Waals surface area contributed by atoms with Gasteiger partial charge in [0.25, 0.3) is 0 Å². The molecule has 76 valence electrons. The van der Waals surface area contributed by atoms with Gasteiger partial charge in [-0.2, -0.15) is 0 Å². The van der Waals surface area contributed by atoms with Crippen molar-refractivity contribution >= 4 is 5.91 Å². The van der Waals surface area contributed by atoms with Crippen LogP contribution in [0.3, 0.4) is 0 Å². The van der Waals surface area contributed by atoms with Crippen LogP contribution < -0.4 is 5.32 Å². The van der Waals surface area contributed by atoms with Crippen LogP contribution in [-0.4, -0.2) is 5.91 Å². The van der Waals surface area contributed by atoms with Gasteiger partial charge in [-0.15, -0.1) is 0 Å². The number of hydrogen-bond acceptors (Lipinski definition) is 1. The zero-order chi connectivity index (χ0) is 10.6. The van der Waals surface area contributed by atoms with Crippen molar-refractivity contribution in [3.05, 3.63) is 35.4 Å². The van der Waals surface area contributed by atoms with E-state index < -0.39 is 11.6 Å². The van der Waals surface area contributed by atoms with E-state index in [1.54, 1.807) is 6.92 Å². The highest BCUT2D eigenvalue weighted by Crippen LogP contribution is 2.11. The summed E-state index contributed by atoms with van der Waals surface area (Å²) in [7, 11) is 0. The summed E-state index contributed by atoms with van der Waals surface area (Å²) in [4.78, 5) is 10.9.